The number of allylic oxidation sites excluding steroid dienone is 23. The van der Waals surface area contributed by atoms with E-state index in [4.69, 9.17) is 9.47 Å². The van der Waals surface area contributed by atoms with Gasteiger partial charge in [-0.2, -0.15) is 0 Å². The lowest BCUT2D eigenvalue weighted by Gasteiger charge is -2.43. The lowest BCUT2D eigenvalue weighted by atomic mass is 9.72. The molecule has 0 bridgehead atoms. The maximum Gasteiger partial charge on any atom is 0.187 e. The van der Waals surface area contributed by atoms with Crippen molar-refractivity contribution >= 4 is 5.78 Å². The standard InChI is InChI=1S/C46H64O8/c1-31(16-11-12-17-32(2)19-14-22-34(4)24-26-37-36(6)38(48)28-29-45(37,7)8)18-13-20-33(3)21-15-23-35(5)25-27-40(49)46(9,10)54-44-43(52)42(51)41(50)39(30-47)53-44/h11-27,39-44,47,49-52H,28-30H2,1-10H3. The molecule has 6 unspecified atom stereocenters. The number of ketones is 1. The number of rotatable bonds is 16. The average Bonchev–Trinajstić information content (AvgIpc) is 3.10. The van der Waals surface area contributed by atoms with Crippen LogP contribution in [0.2, 0.25) is 0 Å². The fraction of sp³-hybridized carbons (Fsp3) is 0.457. The van der Waals surface area contributed by atoms with Crippen LogP contribution in [0.15, 0.2) is 142 Å². The molecule has 1 aliphatic heterocycles. The van der Waals surface area contributed by atoms with Gasteiger partial charge in [0.15, 0.2) is 12.1 Å². The van der Waals surface area contributed by atoms with Crippen molar-refractivity contribution in [3.05, 3.63) is 142 Å². The van der Waals surface area contributed by atoms with Gasteiger partial charge in [-0.05, 0) is 78.4 Å². The minimum absolute atomic E-state index is 0.0162. The van der Waals surface area contributed by atoms with E-state index in [-0.39, 0.29) is 11.2 Å². The molecule has 2 aliphatic rings. The molecule has 2 rings (SSSR count). The van der Waals surface area contributed by atoms with Crippen LogP contribution in [0.4, 0.5) is 0 Å². The molecule has 1 aliphatic carbocycles. The summed E-state index contributed by atoms with van der Waals surface area (Å²) in [6.07, 6.45) is 27.1. The molecule has 1 heterocycles. The molecule has 0 saturated carbocycles. The zero-order chi connectivity index (χ0) is 40.6. The number of carbonyl (C=O) groups is 1. The molecule has 0 aromatic carbocycles. The van der Waals surface area contributed by atoms with Crippen LogP contribution in [0, 0.1) is 5.41 Å². The maximum atomic E-state index is 12.2. The predicted octanol–water partition coefficient (Wildman–Crippen LogP) is 7.72. The highest BCUT2D eigenvalue weighted by molar-refractivity contribution is 5.97. The Morgan fingerprint density at radius 1 is 0.778 bits per heavy atom. The zero-order valence-corrected chi connectivity index (χ0v) is 33.9. The highest BCUT2D eigenvalue weighted by Gasteiger charge is 2.46. The summed E-state index contributed by atoms with van der Waals surface area (Å²) < 4.78 is 11.2. The zero-order valence-electron chi connectivity index (χ0n) is 33.9. The molecule has 0 aromatic heterocycles. The van der Waals surface area contributed by atoms with Crippen LogP contribution in [0.5, 0.6) is 0 Å². The quantitative estimate of drug-likeness (QED) is 0.101. The van der Waals surface area contributed by atoms with E-state index in [0.29, 0.717) is 6.42 Å². The van der Waals surface area contributed by atoms with Gasteiger partial charge in [0.1, 0.15) is 30.5 Å². The molecule has 8 heteroatoms. The van der Waals surface area contributed by atoms with Crippen molar-refractivity contribution in [1.29, 1.82) is 0 Å². The largest absolute Gasteiger partial charge is 0.394 e. The first-order valence-electron chi connectivity index (χ1n) is 18.6. The second kappa shape index (κ2) is 22.0. The minimum atomic E-state index is -1.56. The van der Waals surface area contributed by atoms with Gasteiger partial charge in [-0.1, -0.05) is 145 Å². The van der Waals surface area contributed by atoms with E-state index < -0.39 is 49.0 Å². The third-order valence-electron chi connectivity index (χ3n) is 9.55. The van der Waals surface area contributed by atoms with E-state index in [1.807, 2.05) is 82.4 Å². The number of carbonyl (C=O) groups excluding carboxylic acids is 1. The minimum Gasteiger partial charge on any atom is -0.394 e. The summed E-state index contributed by atoms with van der Waals surface area (Å²) in [5.41, 5.74) is 6.12. The number of hydrogen-bond donors (Lipinski definition) is 5. The Hall–Kier alpha value is -3.73. The normalized spacial score (nSPS) is 26.7. The monoisotopic (exact) mass is 744 g/mol. The van der Waals surface area contributed by atoms with Crippen molar-refractivity contribution < 1.29 is 39.8 Å². The van der Waals surface area contributed by atoms with E-state index in [1.54, 1.807) is 26.0 Å². The summed E-state index contributed by atoms with van der Waals surface area (Å²) >= 11 is 0. The Kier molecular flexibility index (Phi) is 18.9. The molecule has 0 amide bonds. The van der Waals surface area contributed by atoms with Crippen LogP contribution in [-0.4, -0.2) is 80.3 Å². The summed E-state index contributed by atoms with van der Waals surface area (Å²) in [6.45, 7) is 19.1. The van der Waals surface area contributed by atoms with Crippen LogP contribution >= 0.6 is 0 Å². The van der Waals surface area contributed by atoms with Gasteiger partial charge >= 0.3 is 0 Å². The summed E-state index contributed by atoms with van der Waals surface area (Å²) in [4.78, 5) is 12.2. The van der Waals surface area contributed by atoms with E-state index in [2.05, 4.69) is 64.2 Å². The van der Waals surface area contributed by atoms with Crippen molar-refractivity contribution in [2.45, 2.75) is 124 Å². The molecule has 1 fully saturated rings. The molecular weight excluding hydrogens is 680 g/mol. The molecule has 296 valence electrons. The molecule has 5 N–H and O–H groups in total. The van der Waals surface area contributed by atoms with Crippen LogP contribution in [0.1, 0.15) is 82.1 Å². The third kappa shape index (κ3) is 15.2. The van der Waals surface area contributed by atoms with Gasteiger partial charge in [-0.15, -0.1) is 0 Å². The van der Waals surface area contributed by atoms with Gasteiger partial charge in [0.05, 0.1) is 12.2 Å². The van der Waals surface area contributed by atoms with Crippen LogP contribution in [-0.2, 0) is 14.3 Å². The number of hydrogen-bond acceptors (Lipinski definition) is 8. The van der Waals surface area contributed by atoms with Gasteiger partial charge in [-0.3, -0.25) is 4.79 Å². The van der Waals surface area contributed by atoms with E-state index in [0.717, 1.165) is 45.4 Å². The lowest BCUT2D eigenvalue weighted by molar-refractivity contribution is -0.329. The van der Waals surface area contributed by atoms with Gasteiger partial charge < -0.3 is 35.0 Å². The van der Waals surface area contributed by atoms with Crippen molar-refractivity contribution in [1.82, 2.24) is 0 Å². The molecule has 54 heavy (non-hydrogen) atoms. The smallest absolute Gasteiger partial charge is 0.187 e. The third-order valence-corrected chi connectivity index (χ3v) is 9.55. The molecule has 0 spiro atoms. The fourth-order valence-electron chi connectivity index (χ4n) is 5.73. The van der Waals surface area contributed by atoms with Crippen LogP contribution in [0.25, 0.3) is 0 Å². The van der Waals surface area contributed by atoms with Crippen molar-refractivity contribution in [3.63, 3.8) is 0 Å². The highest BCUT2D eigenvalue weighted by atomic mass is 16.7. The molecule has 0 aromatic rings. The molecule has 0 radical (unpaired) electrons. The number of Topliss-reactive ketones (excluding diaryl/α,β-unsaturated/α-hetero) is 1. The topological polar surface area (TPSA) is 137 Å². The first kappa shape index (κ1) is 46.4. The van der Waals surface area contributed by atoms with Gasteiger partial charge in [0.25, 0.3) is 0 Å². The van der Waals surface area contributed by atoms with Gasteiger partial charge in [0.2, 0.25) is 0 Å². The average molecular weight is 745 g/mol. The van der Waals surface area contributed by atoms with Crippen molar-refractivity contribution in [2.75, 3.05) is 6.61 Å². The van der Waals surface area contributed by atoms with Gasteiger partial charge in [0, 0.05) is 6.42 Å². The van der Waals surface area contributed by atoms with Crippen LogP contribution in [0.3, 0.4) is 0 Å². The second-order valence-electron chi connectivity index (χ2n) is 15.4. The first-order chi connectivity index (χ1) is 25.3. The SMILES string of the molecule is CC(C=CC=C(C)C=CC=C(C)C=CC(O)C(C)(C)OC1OC(CO)C(O)C(O)C1O)=CC=CC=C(C)C=CC=C(C)C=CC1=C(C)C(=O)CCC1(C)C. The number of ether oxygens (including phenoxy) is 2. The Bertz CT molecular complexity index is 1650. The van der Waals surface area contributed by atoms with Gasteiger partial charge in [-0.25, -0.2) is 0 Å². The number of aliphatic hydroxyl groups is 5. The second-order valence-corrected chi connectivity index (χ2v) is 15.4. The highest BCUT2D eigenvalue weighted by Crippen LogP contribution is 2.39. The molecule has 1 saturated heterocycles. The molecule has 8 nitrogen and oxygen atoms in total. The Labute approximate surface area is 323 Å². The summed E-state index contributed by atoms with van der Waals surface area (Å²) in [7, 11) is 0. The van der Waals surface area contributed by atoms with E-state index >= 15 is 0 Å². The summed E-state index contributed by atoms with van der Waals surface area (Å²) in [6, 6.07) is 0. The Morgan fingerprint density at radius 3 is 1.74 bits per heavy atom. The number of aliphatic hydroxyl groups excluding tert-OH is 5. The lowest BCUT2D eigenvalue weighted by Crippen LogP contribution is -2.61. The van der Waals surface area contributed by atoms with Crippen LogP contribution < -0.4 is 0 Å². The summed E-state index contributed by atoms with van der Waals surface area (Å²) in [5.74, 6) is 0.253. The Balaban J connectivity index is 1.87. The fourth-order valence-corrected chi connectivity index (χ4v) is 5.73. The first-order valence-corrected chi connectivity index (χ1v) is 18.6. The van der Waals surface area contributed by atoms with Crippen molar-refractivity contribution in [3.8, 4) is 0 Å². The predicted molar refractivity (Wildman–Crippen MR) is 219 cm³/mol. The maximum absolute atomic E-state index is 12.2. The molecule has 6 atom stereocenters. The summed E-state index contributed by atoms with van der Waals surface area (Å²) in [5, 5.41) is 50.4. The van der Waals surface area contributed by atoms with Crippen molar-refractivity contribution in [2.24, 2.45) is 5.41 Å². The van der Waals surface area contributed by atoms with E-state index in [1.165, 1.54) is 0 Å². The molecular formula is C46H64O8. The Morgan fingerprint density at radius 2 is 1.24 bits per heavy atom. The van der Waals surface area contributed by atoms with E-state index in [9.17, 15) is 30.3 Å².